The van der Waals surface area contributed by atoms with E-state index in [-0.39, 0.29) is 5.91 Å². The van der Waals surface area contributed by atoms with Gasteiger partial charge in [0.2, 0.25) is 5.91 Å². The summed E-state index contributed by atoms with van der Waals surface area (Å²) >= 11 is 1.36. The van der Waals surface area contributed by atoms with Crippen molar-refractivity contribution in [1.29, 1.82) is 0 Å². The summed E-state index contributed by atoms with van der Waals surface area (Å²) in [6, 6.07) is 10.3. The Morgan fingerprint density at radius 3 is 2.77 bits per heavy atom. The second-order valence-corrected chi connectivity index (χ2v) is 15.7. The van der Waals surface area contributed by atoms with Gasteiger partial charge in [0, 0.05) is 23.8 Å². The van der Waals surface area contributed by atoms with Gasteiger partial charge in [-0.05, 0) is 74.1 Å². The molecule has 0 bridgehead atoms. The molecule has 4 aromatic rings. The number of amides is 1. The Morgan fingerprint density at radius 1 is 1.23 bits per heavy atom. The molecule has 0 saturated heterocycles. The summed E-state index contributed by atoms with van der Waals surface area (Å²) in [6.45, 7) is 3.36. The number of fused-ring (bicyclic) bond motifs is 2. The summed E-state index contributed by atoms with van der Waals surface area (Å²) in [5.74, 6) is 0.370. The maximum Gasteiger partial charge on any atom is 0.232 e. The summed E-state index contributed by atoms with van der Waals surface area (Å²) in [4.78, 5) is 21.4. The van der Waals surface area contributed by atoms with E-state index < -0.39 is 22.1 Å². The number of nitrogens with zero attached hydrogens (tertiary/aromatic N) is 3. The maximum atomic E-state index is 13.2. The third-order valence-electron chi connectivity index (χ3n) is 6.23. The van der Waals surface area contributed by atoms with Gasteiger partial charge in [0.25, 0.3) is 0 Å². The van der Waals surface area contributed by atoms with Crippen LogP contribution in [0, 0.1) is 12.8 Å². The van der Waals surface area contributed by atoms with E-state index >= 15 is 0 Å². The van der Waals surface area contributed by atoms with Crippen LogP contribution in [0.5, 0.6) is 0 Å². The number of nitrogens with one attached hydrogen (secondary N) is 1. The maximum absolute atomic E-state index is 13.2. The van der Waals surface area contributed by atoms with Crippen molar-refractivity contribution in [2.75, 3.05) is 36.4 Å². The monoisotopic (exact) mass is 514 g/mol. The first-order valence-corrected chi connectivity index (χ1v) is 15.6. The number of ether oxygens (including phenoxy) is 1. The fourth-order valence-corrected chi connectivity index (χ4v) is 6.03. The molecule has 3 aromatic heterocycles. The Labute approximate surface area is 210 Å². The lowest BCUT2D eigenvalue weighted by molar-refractivity contribution is -0.117. The van der Waals surface area contributed by atoms with Crippen molar-refractivity contribution >= 4 is 53.7 Å². The molecule has 1 aliphatic carbocycles. The van der Waals surface area contributed by atoms with Crippen LogP contribution in [0.1, 0.15) is 18.4 Å². The van der Waals surface area contributed by atoms with E-state index in [1.54, 1.807) is 0 Å². The Kier molecular flexibility index (Phi) is 6.59. The van der Waals surface area contributed by atoms with Crippen LogP contribution in [0.3, 0.4) is 0 Å². The van der Waals surface area contributed by atoms with Gasteiger partial charge in [-0.3, -0.25) is 4.79 Å². The number of hydrogen-bond donors (Lipinski definition) is 1. The van der Waals surface area contributed by atoms with Crippen molar-refractivity contribution < 1.29 is 13.9 Å². The minimum Gasteiger partial charge on any atom is -0.361 e. The second kappa shape index (κ2) is 9.52. The lowest BCUT2D eigenvalue weighted by Gasteiger charge is -2.24. The third kappa shape index (κ3) is 5.37. The molecule has 9 heteroatoms. The van der Waals surface area contributed by atoms with Crippen LogP contribution in [0.2, 0.25) is 0 Å². The van der Waals surface area contributed by atoms with E-state index in [2.05, 4.69) is 65.0 Å². The number of aryl methyl sites for hydroxylation is 1. The largest absolute Gasteiger partial charge is 0.361 e. The van der Waals surface area contributed by atoms with Crippen LogP contribution >= 0.6 is 21.4 Å². The summed E-state index contributed by atoms with van der Waals surface area (Å²) in [5.41, 5.74) is 4.71. The molecule has 1 unspecified atom stereocenters. The van der Waals surface area contributed by atoms with E-state index in [0.29, 0.717) is 23.9 Å². The average molecular weight is 515 g/mol. The molecule has 1 fully saturated rings. The highest BCUT2D eigenvalue weighted by Gasteiger charge is 2.43. The lowest BCUT2D eigenvalue weighted by atomic mass is 10.0. The van der Waals surface area contributed by atoms with Gasteiger partial charge >= 0.3 is 0 Å². The molecule has 0 spiro atoms. The fourth-order valence-electron chi connectivity index (χ4n) is 4.24. The van der Waals surface area contributed by atoms with Gasteiger partial charge in [0.15, 0.2) is 10.8 Å². The Balaban J connectivity index is 1.36. The molecule has 5 rings (SSSR count). The SMILES string of the molecule is Cc1ccc2c(ccn2COCCCS(C)(C)C)c1-c1ccc2sc(NC(=O)C3C[C@@H]3F)nc2n1. The third-order valence-corrected chi connectivity index (χ3v) is 8.66. The van der Waals surface area contributed by atoms with Crippen molar-refractivity contribution in [3.63, 3.8) is 0 Å². The molecule has 1 aliphatic rings. The summed E-state index contributed by atoms with van der Waals surface area (Å²) < 4.78 is 22.2. The number of halogens is 1. The van der Waals surface area contributed by atoms with Crippen molar-refractivity contribution in [2.24, 2.45) is 5.92 Å². The molecule has 3 heterocycles. The first-order valence-electron chi connectivity index (χ1n) is 11.7. The van der Waals surface area contributed by atoms with Crippen molar-refractivity contribution in [3.05, 3.63) is 42.1 Å². The van der Waals surface area contributed by atoms with Crippen molar-refractivity contribution in [3.8, 4) is 11.3 Å². The number of thiazole rings is 1. The number of carbonyl (C=O) groups excluding carboxylic acids is 1. The number of carbonyl (C=O) groups is 1. The van der Waals surface area contributed by atoms with Crippen LogP contribution in [0.15, 0.2) is 36.5 Å². The van der Waals surface area contributed by atoms with Gasteiger partial charge in [-0.1, -0.05) is 17.4 Å². The predicted octanol–water partition coefficient (Wildman–Crippen LogP) is 5.98. The number of hydrogen-bond acceptors (Lipinski definition) is 5. The zero-order valence-corrected chi connectivity index (χ0v) is 22.1. The normalized spacial score (nSPS) is 18.3. The molecule has 35 heavy (non-hydrogen) atoms. The minimum atomic E-state index is -1.03. The molecular formula is C26H31FN4O2S2. The van der Waals surface area contributed by atoms with Crippen LogP contribution in [-0.2, 0) is 16.3 Å². The Bertz CT molecular complexity index is 1390. The van der Waals surface area contributed by atoms with Gasteiger partial charge in [0.05, 0.1) is 21.8 Å². The first kappa shape index (κ1) is 24.2. The Morgan fingerprint density at radius 2 is 2.03 bits per heavy atom. The molecule has 0 radical (unpaired) electrons. The number of pyridine rings is 1. The number of rotatable bonds is 9. The topological polar surface area (TPSA) is 69.0 Å². The fraction of sp³-hybridized carbons (Fsp3) is 0.423. The van der Waals surface area contributed by atoms with Crippen LogP contribution in [0.4, 0.5) is 9.52 Å². The molecule has 0 aliphatic heterocycles. The molecule has 2 atom stereocenters. The van der Waals surface area contributed by atoms with E-state index in [9.17, 15) is 9.18 Å². The molecule has 1 amide bonds. The standard InChI is InChI=1S/C26H31FN4O2S2/c1-16-6-8-21-17(10-11-31(21)15-33-12-5-13-35(2,3)4)23(16)20-7-9-22-24(28-20)29-26(34-22)30-25(32)18-14-19(18)27/h6-11,18-19H,5,12-15H2,1-4H3,(H,28,29,30,32)/t18?,19-/m0/s1. The summed E-state index contributed by atoms with van der Waals surface area (Å²) in [5, 5.41) is 4.31. The van der Waals surface area contributed by atoms with Crippen LogP contribution < -0.4 is 5.32 Å². The second-order valence-electron chi connectivity index (χ2n) is 10.0. The van der Waals surface area contributed by atoms with Crippen molar-refractivity contribution in [2.45, 2.75) is 32.7 Å². The predicted molar refractivity (Wildman–Crippen MR) is 146 cm³/mol. The van der Waals surface area contributed by atoms with Crippen LogP contribution in [-0.4, -0.2) is 57.7 Å². The van der Waals surface area contributed by atoms with E-state index in [1.807, 2.05) is 12.1 Å². The minimum absolute atomic E-state index is 0.297. The van der Waals surface area contributed by atoms with Gasteiger partial charge in [0.1, 0.15) is 12.9 Å². The summed E-state index contributed by atoms with van der Waals surface area (Å²) in [7, 11) is -0.492. The van der Waals surface area contributed by atoms with E-state index in [4.69, 9.17) is 9.72 Å². The smallest absolute Gasteiger partial charge is 0.232 e. The molecule has 1 N–H and O–H groups in total. The Hall–Kier alpha value is -2.49. The number of benzene rings is 1. The molecular weight excluding hydrogens is 483 g/mol. The van der Waals surface area contributed by atoms with Gasteiger partial charge in [-0.25, -0.2) is 19.4 Å². The van der Waals surface area contributed by atoms with Crippen molar-refractivity contribution in [1.82, 2.24) is 14.5 Å². The van der Waals surface area contributed by atoms with E-state index in [1.165, 1.54) is 17.1 Å². The van der Waals surface area contributed by atoms with Gasteiger partial charge < -0.3 is 14.6 Å². The average Bonchev–Trinajstić information content (AvgIpc) is 3.20. The zero-order valence-electron chi connectivity index (χ0n) is 20.5. The highest BCUT2D eigenvalue weighted by Crippen LogP contribution is 2.37. The highest BCUT2D eigenvalue weighted by atomic mass is 32.3. The summed E-state index contributed by atoms with van der Waals surface area (Å²) in [6.07, 6.45) is 9.41. The van der Waals surface area contributed by atoms with Gasteiger partial charge in [-0.15, -0.1) is 0 Å². The molecule has 1 saturated carbocycles. The molecule has 1 aromatic carbocycles. The number of anilines is 1. The molecule has 186 valence electrons. The number of alkyl halides is 1. The highest BCUT2D eigenvalue weighted by molar-refractivity contribution is 8.32. The quantitative estimate of drug-likeness (QED) is 0.279. The van der Waals surface area contributed by atoms with Gasteiger partial charge in [-0.2, -0.15) is 4.98 Å². The number of aromatic nitrogens is 3. The first-order chi connectivity index (χ1) is 16.7. The van der Waals surface area contributed by atoms with E-state index in [0.717, 1.165) is 45.5 Å². The lowest BCUT2D eigenvalue weighted by Crippen LogP contribution is -2.14. The van der Waals surface area contributed by atoms with Crippen LogP contribution in [0.25, 0.3) is 32.5 Å². The zero-order chi connectivity index (χ0) is 24.7. The molecule has 6 nitrogen and oxygen atoms in total.